The zero-order valence-corrected chi connectivity index (χ0v) is 16.4. The summed E-state index contributed by atoms with van der Waals surface area (Å²) in [5.74, 6) is 0. The third kappa shape index (κ3) is 4.37. The van der Waals surface area contributed by atoms with Crippen LogP contribution in [0.5, 0.6) is 0 Å². The predicted octanol–water partition coefficient (Wildman–Crippen LogP) is 5.32. The first-order valence-corrected chi connectivity index (χ1v) is 9.89. The molecule has 1 aliphatic carbocycles. The summed E-state index contributed by atoms with van der Waals surface area (Å²) in [6.45, 7) is 11.9. The molecule has 0 aromatic heterocycles. The zero-order valence-electron chi connectivity index (χ0n) is 16.4. The number of fused-ring (bicyclic) bond motifs is 1. The van der Waals surface area contributed by atoms with Gasteiger partial charge in [-0.2, -0.15) is 0 Å². The van der Waals surface area contributed by atoms with E-state index in [0.717, 1.165) is 25.1 Å². The highest BCUT2D eigenvalue weighted by Gasteiger charge is 2.15. The molecule has 0 radical (unpaired) electrons. The van der Waals surface area contributed by atoms with Crippen molar-refractivity contribution in [2.75, 3.05) is 25.4 Å². The summed E-state index contributed by atoms with van der Waals surface area (Å²) >= 11 is 0. The SMILES string of the molecule is C=C1C=Cc2c(ccc(N)c2CCCCN2CC=C(/C(C)=C/C)CC2)C1. The molecule has 2 N–H and O–H groups in total. The van der Waals surface area contributed by atoms with Crippen molar-refractivity contribution in [2.24, 2.45) is 0 Å². The van der Waals surface area contributed by atoms with Crippen LogP contribution in [0.4, 0.5) is 5.69 Å². The van der Waals surface area contributed by atoms with Gasteiger partial charge in [0.1, 0.15) is 0 Å². The Morgan fingerprint density at radius 1 is 1.27 bits per heavy atom. The summed E-state index contributed by atoms with van der Waals surface area (Å²) in [6, 6.07) is 4.23. The van der Waals surface area contributed by atoms with Crippen LogP contribution in [0.1, 0.15) is 49.8 Å². The van der Waals surface area contributed by atoms with Crippen LogP contribution in [-0.2, 0) is 12.8 Å². The lowest BCUT2D eigenvalue weighted by molar-refractivity contribution is 0.288. The van der Waals surface area contributed by atoms with Crippen LogP contribution >= 0.6 is 0 Å². The number of hydrogen-bond acceptors (Lipinski definition) is 2. The lowest BCUT2D eigenvalue weighted by atomic mass is 9.88. The molecule has 0 fully saturated rings. The Bertz CT molecular complexity index is 765. The van der Waals surface area contributed by atoms with Gasteiger partial charge in [-0.15, -0.1) is 0 Å². The average Bonchev–Trinajstić information content (AvgIpc) is 2.66. The third-order valence-corrected chi connectivity index (χ3v) is 5.77. The molecule has 0 saturated heterocycles. The maximum absolute atomic E-state index is 6.28. The molecule has 138 valence electrons. The molecule has 26 heavy (non-hydrogen) atoms. The largest absolute Gasteiger partial charge is 0.398 e. The van der Waals surface area contributed by atoms with E-state index in [-0.39, 0.29) is 0 Å². The van der Waals surface area contributed by atoms with Crippen LogP contribution in [0, 0.1) is 0 Å². The Morgan fingerprint density at radius 2 is 2.12 bits per heavy atom. The molecule has 0 amide bonds. The molecule has 3 rings (SSSR count). The second-order valence-electron chi connectivity index (χ2n) is 7.58. The number of hydrogen-bond donors (Lipinski definition) is 1. The van der Waals surface area contributed by atoms with Crippen LogP contribution in [0.15, 0.2) is 53.7 Å². The van der Waals surface area contributed by atoms with Gasteiger partial charge >= 0.3 is 0 Å². The highest BCUT2D eigenvalue weighted by molar-refractivity contribution is 5.70. The Labute approximate surface area is 158 Å². The third-order valence-electron chi connectivity index (χ3n) is 5.77. The maximum Gasteiger partial charge on any atom is 0.0352 e. The molecule has 0 saturated carbocycles. The molecule has 0 spiro atoms. The summed E-state index contributed by atoms with van der Waals surface area (Å²) in [4.78, 5) is 2.57. The van der Waals surface area contributed by atoms with Gasteiger partial charge in [-0.3, -0.25) is 4.90 Å². The Hall–Kier alpha value is -2.06. The Kier molecular flexibility index (Phi) is 6.16. The average molecular weight is 349 g/mol. The van der Waals surface area contributed by atoms with Crippen molar-refractivity contribution in [3.8, 4) is 0 Å². The van der Waals surface area contributed by atoms with Gasteiger partial charge in [0.05, 0.1) is 0 Å². The van der Waals surface area contributed by atoms with Gasteiger partial charge in [-0.1, -0.05) is 48.1 Å². The highest BCUT2D eigenvalue weighted by Crippen LogP contribution is 2.30. The topological polar surface area (TPSA) is 29.3 Å². The fourth-order valence-corrected chi connectivity index (χ4v) is 3.97. The number of benzene rings is 1. The first-order valence-electron chi connectivity index (χ1n) is 9.89. The Balaban J connectivity index is 1.51. The van der Waals surface area contributed by atoms with Crippen molar-refractivity contribution >= 4 is 11.8 Å². The van der Waals surface area contributed by atoms with Crippen molar-refractivity contribution in [3.63, 3.8) is 0 Å². The van der Waals surface area contributed by atoms with Crippen molar-refractivity contribution < 1.29 is 0 Å². The molecule has 0 unspecified atom stereocenters. The summed E-state index contributed by atoms with van der Waals surface area (Å²) in [5, 5.41) is 0. The fourth-order valence-electron chi connectivity index (χ4n) is 3.97. The standard InChI is InChI=1S/C24H32N2/c1-4-19(3)20-12-15-26(16-13-20)14-6-5-7-23-22-10-8-18(2)17-21(22)9-11-24(23)25/h4,8-12H,2,5-7,13-17,25H2,1,3H3/b19-4+. The van der Waals surface area contributed by atoms with E-state index in [1.54, 1.807) is 0 Å². The van der Waals surface area contributed by atoms with Gasteiger partial charge < -0.3 is 5.73 Å². The second-order valence-corrected chi connectivity index (χ2v) is 7.58. The molecule has 2 nitrogen and oxygen atoms in total. The number of rotatable bonds is 6. The number of allylic oxidation sites excluding steroid dienone is 4. The van der Waals surface area contributed by atoms with E-state index in [0.29, 0.717) is 0 Å². The van der Waals surface area contributed by atoms with Crippen LogP contribution in [0.2, 0.25) is 0 Å². The minimum absolute atomic E-state index is 0.938. The minimum Gasteiger partial charge on any atom is -0.398 e. The normalized spacial score (nSPS) is 18.0. The fraction of sp³-hybridized carbons (Fsp3) is 0.417. The lowest BCUT2D eigenvalue weighted by Crippen LogP contribution is -2.30. The van der Waals surface area contributed by atoms with E-state index < -0.39 is 0 Å². The highest BCUT2D eigenvalue weighted by atomic mass is 15.1. The Morgan fingerprint density at radius 3 is 2.85 bits per heavy atom. The van der Waals surface area contributed by atoms with E-state index in [9.17, 15) is 0 Å². The van der Waals surface area contributed by atoms with Crippen LogP contribution < -0.4 is 5.73 Å². The molecule has 1 aliphatic heterocycles. The van der Waals surface area contributed by atoms with Gasteiger partial charge in [-0.25, -0.2) is 0 Å². The van der Waals surface area contributed by atoms with E-state index >= 15 is 0 Å². The number of unbranched alkanes of at least 4 members (excludes halogenated alkanes) is 1. The molecule has 0 atom stereocenters. The van der Waals surface area contributed by atoms with Gasteiger partial charge in [0.25, 0.3) is 0 Å². The summed E-state index contributed by atoms with van der Waals surface area (Å²) in [6.07, 6.45) is 14.6. The lowest BCUT2D eigenvalue weighted by Gasteiger charge is -2.26. The molecule has 1 aromatic rings. The van der Waals surface area contributed by atoms with Crippen LogP contribution in [0.25, 0.3) is 6.08 Å². The number of nitrogens with zero attached hydrogens (tertiary/aromatic N) is 1. The quantitative estimate of drug-likeness (QED) is 0.557. The van der Waals surface area contributed by atoms with Gasteiger partial charge in [0.15, 0.2) is 0 Å². The monoisotopic (exact) mass is 348 g/mol. The van der Waals surface area contributed by atoms with E-state index in [4.69, 9.17) is 5.73 Å². The molecule has 2 heteroatoms. The van der Waals surface area contributed by atoms with Crippen LogP contribution in [0.3, 0.4) is 0 Å². The maximum atomic E-state index is 6.28. The summed E-state index contributed by atoms with van der Waals surface area (Å²) in [7, 11) is 0. The number of nitrogen functional groups attached to an aromatic ring is 1. The summed E-state index contributed by atoms with van der Waals surface area (Å²) in [5.41, 5.74) is 15.4. The minimum atomic E-state index is 0.938. The van der Waals surface area contributed by atoms with Crippen molar-refractivity contribution in [1.29, 1.82) is 0 Å². The van der Waals surface area contributed by atoms with Gasteiger partial charge in [0.2, 0.25) is 0 Å². The summed E-state index contributed by atoms with van der Waals surface area (Å²) < 4.78 is 0. The first kappa shape index (κ1) is 18.7. The molecule has 2 aliphatic rings. The van der Waals surface area contributed by atoms with E-state index in [1.165, 1.54) is 65.8 Å². The predicted molar refractivity (Wildman–Crippen MR) is 114 cm³/mol. The molecule has 1 aromatic carbocycles. The van der Waals surface area contributed by atoms with Crippen molar-refractivity contribution in [3.05, 3.63) is 70.3 Å². The second kappa shape index (κ2) is 8.55. The van der Waals surface area contributed by atoms with E-state index in [1.807, 2.05) is 0 Å². The molecule has 0 bridgehead atoms. The first-order chi connectivity index (χ1) is 12.6. The van der Waals surface area contributed by atoms with Crippen LogP contribution in [-0.4, -0.2) is 24.5 Å². The number of nitrogens with two attached hydrogens (primary N) is 1. The molecular formula is C24H32N2. The van der Waals surface area contributed by atoms with Gasteiger partial charge in [0, 0.05) is 18.8 Å². The molecular weight excluding hydrogens is 316 g/mol. The zero-order chi connectivity index (χ0) is 18.5. The van der Waals surface area contributed by atoms with Gasteiger partial charge in [-0.05, 0) is 80.8 Å². The van der Waals surface area contributed by atoms with Crippen molar-refractivity contribution in [1.82, 2.24) is 4.90 Å². The number of anilines is 1. The van der Waals surface area contributed by atoms with Crippen molar-refractivity contribution in [2.45, 2.75) is 46.0 Å². The van der Waals surface area contributed by atoms with E-state index in [2.05, 4.69) is 61.8 Å². The smallest absolute Gasteiger partial charge is 0.0352 e. The molecule has 1 heterocycles.